The highest BCUT2D eigenvalue weighted by Gasteiger charge is 2.28. The van der Waals surface area contributed by atoms with Crippen molar-refractivity contribution in [2.75, 3.05) is 13.1 Å². The maximum absolute atomic E-state index is 14.0. The van der Waals surface area contributed by atoms with Crippen molar-refractivity contribution in [3.63, 3.8) is 0 Å². The molecule has 1 aliphatic rings. The van der Waals surface area contributed by atoms with E-state index in [4.69, 9.17) is 0 Å². The Morgan fingerprint density at radius 3 is 2.88 bits per heavy atom. The largest absolute Gasteiger partial charge is 0.336 e. The smallest absolute Gasteiger partial charge is 0.254 e. The molecule has 5 nitrogen and oxygen atoms in total. The van der Waals surface area contributed by atoms with E-state index < -0.39 is 20.7 Å². The molecule has 24 heavy (non-hydrogen) atoms. The van der Waals surface area contributed by atoms with Gasteiger partial charge in [0.2, 0.25) is 10.0 Å². The highest BCUT2D eigenvalue weighted by atomic mass is 32.2. The summed E-state index contributed by atoms with van der Waals surface area (Å²) < 4.78 is 40.5. The summed E-state index contributed by atoms with van der Waals surface area (Å²) in [4.78, 5) is 14.0. The molecule has 1 unspecified atom stereocenters. The average molecular weight is 354 g/mol. The predicted molar refractivity (Wildman–Crippen MR) is 90.8 cm³/mol. The minimum atomic E-state index is -4.03. The van der Waals surface area contributed by atoms with Crippen LogP contribution in [0.25, 0.3) is 0 Å². The average Bonchev–Trinajstić information content (AvgIpc) is 2.59. The molecule has 0 saturated carbocycles. The number of piperidine rings is 1. The maximum atomic E-state index is 14.0. The lowest BCUT2D eigenvalue weighted by atomic mass is 9.99. The van der Waals surface area contributed by atoms with Crippen LogP contribution in [0.3, 0.4) is 0 Å². The van der Waals surface area contributed by atoms with E-state index in [0.29, 0.717) is 6.54 Å². The van der Waals surface area contributed by atoms with E-state index >= 15 is 0 Å². The van der Waals surface area contributed by atoms with Crippen LogP contribution in [0.15, 0.2) is 35.7 Å². The summed E-state index contributed by atoms with van der Waals surface area (Å²) in [7, 11) is -4.03. The first-order valence-corrected chi connectivity index (χ1v) is 9.60. The maximum Gasteiger partial charge on any atom is 0.254 e. The Balaban J connectivity index is 2.33. The van der Waals surface area contributed by atoms with Crippen molar-refractivity contribution < 1.29 is 17.6 Å². The topological polar surface area (TPSA) is 66.5 Å². The van der Waals surface area contributed by atoms with Crippen LogP contribution in [0.4, 0.5) is 4.39 Å². The Hall–Kier alpha value is -1.73. The zero-order valence-electron chi connectivity index (χ0n) is 13.8. The van der Waals surface area contributed by atoms with Gasteiger partial charge in [0.1, 0.15) is 10.7 Å². The zero-order valence-corrected chi connectivity index (χ0v) is 14.6. The number of halogens is 1. The Kier molecular flexibility index (Phi) is 6.12. The number of carbonyl (C=O) groups is 1. The summed E-state index contributed by atoms with van der Waals surface area (Å²) in [6, 6.07) is 3.63. The molecule has 1 heterocycles. The molecule has 1 fully saturated rings. The first-order chi connectivity index (χ1) is 11.4. The molecule has 7 heteroatoms. The Morgan fingerprint density at radius 2 is 2.21 bits per heavy atom. The predicted octanol–water partition coefficient (Wildman–Crippen LogP) is 2.69. The third-order valence-electron chi connectivity index (χ3n) is 4.24. The lowest BCUT2D eigenvalue weighted by Crippen LogP contribution is -2.43. The number of likely N-dealkylation sites (tertiary alicyclic amines) is 1. The molecule has 1 saturated heterocycles. The van der Waals surface area contributed by atoms with Gasteiger partial charge in [-0.1, -0.05) is 13.0 Å². The molecule has 0 aliphatic carbocycles. The fraction of sp³-hybridized carbons (Fsp3) is 0.471. The molecule has 1 amide bonds. The molecule has 0 aromatic heterocycles. The molecule has 132 valence electrons. The summed E-state index contributed by atoms with van der Waals surface area (Å²) in [5.74, 6) is -1.13. The fourth-order valence-corrected chi connectivity index (χ4v) is 4.05. The van der Waals surface area contributed by atoms with Crippen LogP contribution in [-0.4, -0.2) is 38.4 Å². The molecule has 1 atom stereocenters. The van der Waals surface area contributed by atoms with Crippen LogP contribution in [-0.2, 0) is 10.0 Å². The summed E-state index contributed by atoms with van der Waals surface area (Å²) in [6.07, 6.45) is 5.16. The van der Waals surface area contributed by atoms with Crippen LogP contribution in [0, 0.1) is 5.82 Å². The third-order valence-corrected chi connectivity index (χ3v) is 5.68. The number of hydrogen-bond donors (Lipinski definition) is 1. The van der Waals surface area contributed by atoms with Crippen LogP contribution in [0.5, 0.6) is 0 Å². The van der Waals surface area contributed by atoms with Crippen LogP contribution < -0.4 is 4.72 Å². The van der Waals surface area contributed by atoms with E-state index in [9.17, 15) is 17.6 Å². The lowest BCUT2D eigenvalue weighted by Gasteiger charge is -2.35. The van der Waals surface area contributed by atoms with Gasteiger partial charge in [0.05, 0.1) is 0 Å². The monoisotopic (exact) mass is 354 g/mol. The second kappa shape index (κ2) is 7.90. The van der Waals surface area contributed by atoms with E-state index in [1.165, 1.54) is 12.1 Å². The van der Waals surface area contributed by atoms with E-state index in [1.807, 2.05) is 6.92 Å². The summed E-state index contributed by atoms with van der Waals surface area (Å²) in [5, 5.41) is 0. The standard InChI is InChI=1S/C17H23FN2O3S/c1-3-10-19-24(22,23)16-12-13(8-9-15(16)18)17(21)20-11-6-5-7-14(20)4-2/h3,8-9,12,14,19H,1,4-7,10-11H2,2H3. The molecular formula is C17H23FN2O3S. The Labute approximate surface area is 142 Å². The van der Waals surface area contributed by atoms with Crippen molar-refractivity contribution in [1.29, 1.82) is 0 Å². The number of amides is 1. The van der Waals surface area contributed by atoms with E-state index in [1.54, 1.807) is 4.90 Å². The second-order valence-electron chi connectivity index (χ2n) is 5.84. The van der Waals surface area contributed by atoms with Crippen molar-refractivity contribution in [3.8, 4) is 0 Å². The summed E-state index contributed by atoms with van der Waals surface area (Å²) >= 11 is 0. The number of sulfonamides is 1. The van der Waals surface area contributed by atoms with E-state index in [-0.39, 0.29) is 24.1 Å². The van der Waals surface area contributed by atoms with Gasteiger partial charge in [-0.2, -0.15) is 0 Å². The quantitative estimate of drug-likeness (QED) is 0.799. The van der Waals surface area contributed by atoms with Gasteiger partial charge < -0.3 is 4.90 Å². The van der Waals surface area contributed by atoms with Crippen LogP contribution in [0.2, 0.25) is 0 Å². The molecule has 0 radical (unpaired) electrons. The molecule has 0 spiro atoms. The number of hydrogen-bond acceptors (Lipinski definition) is 3. The lowest BCUT2D eigenvalue weighted by molar-refractivity contribution is 0.0607. The number of benzene rings is 1. The van der Waals surface area contributed by atoms with Crippen molar-refractivity contribution in [1.82, 2.24) is 9.62 Å². The van der Waals surface area contributed by atoms with Crippen LogP contribution >= 0.6 is 0 Å². The van der Waals surface area contributed by atoms with E-state index in [2.05, 4.69) is 11.3 Å². The first kappa shape index (κ1) is 18.6. The number of nitrogens with zero attached hydrogens (tertiary/aromatic N) is 1. The van der Waals surface area contributed by atoms with Crippen LogP contribution in [0.1, 0.15) is 43.0 Å². The zero-order chi connectivity index (χ0) is 17.7. The molecule has 1 aromatic rings. The minimum Gasteiger partial charge on any atom is -0.336 e. The number of nitrogens with one attached hydrogen (secondary N) is 1. The highest BCUT2D eigenvalue weighted by molar-refractivity contribution is 7.89. The normalized spacial score (nSPS) is 18.4. The number of carbonyl (C=O) groups excluding carboxylic acids is 1. The third kappa shape index (κ3) is 4.02. The Bertz CT molecular complexity index is 719. The second-order valence-corrected chi connectivity index (χ2v) is 7.58. The molecule has 2 rings (SSSR count). The molecule has 1 N–H and O–H groups in total. The van der Waals surface area contributed by atoms with Gasteiger partial charge in [-0.05, 0) is 43.9 Å². The van der Waals surface area contributed by atoms with Gasteiger partial charge in [0.25, 0.3) is 5.91 Å². The molecule has 0 bridgehead atoms. The van der Waals surface area contributed by atoms with Gasteiger partial charge in [0.15, 0.2) is 0 Å². The summed E-state index contributed by atoms with van der Waals surface area (Å²) in [5.41, 5.74) is 0.190. The molecule has 1 aliphatic heterocycles. The molecule has 1 aromatic carbocycles. The van der Waals surface area contributed by atoms with Crippen molar-refractivity contribution >= 4 is 15.9 Å². The number of rotatable bonds is 6. The SMILES string of the molecule is C=CCNS(=O)(=O)c1cc(C(=O)N2CCCCC2CC)ccc1F. The van der Waals surface area contributed by atoms with E-state index in [0.717, 1.165) is 37.8 Å². The fourth-order valence-electron chi connectivity index (χ4n) is 2.95. The van der Waals surface area contributed by atoms with Crippen molar-refractivity contribution in [2.45, 2.75) is 43.5 Å². The van der Waals surface area contributed by atoms with Gasteiger partial charge in [-0.25, -0.2) is 17.5 Å². The van der Waals surface area contributed by atoms with Gasteiger partial charge in [0, 0.05) is 24.7 Å². The molecular weight excluding hydrogens is 331 g/mol. The van der Waals surface area contributed by atoms with Gasteiger partial charge >= 0.3 is 0 Å². The van der Waals surface area contributed by atoms with Crippen molar-refractivity contribution in [3.05, 3.63) is 42.2 Å². The minimum absolute atomic E-state index is 0.00994. The van der Waals surface area contributed by atoms with Gasteiger partial charge in [-0.3, -0.25) is 4.79 Å². The summed E-state index contributed by atoms with van der Waals surface area (Å²) in [6.45, 7) is 6.08. The van der Waals surface area contributed by atoms with Gasteiger partial charge in [-0.15, -0.1) is 6.58 Å². The van der Waals surface area contributed by atoms with Crippen molar-refractivity contribution in [2.24, 2.45) is 0 Å². The highest BCUT2D eigenvalue weighted by Crippen LogP contribution is 2.23. The first-order valence-electron chi connectivity index (χ1n) is 8.11. The Morgan fingerprint density at radius 1 is 1.46 bits per heavy atom.